The number of aromatic nitrogens is 1. The van der Waals surface area contributed by atoms with Gasteiger partial charge >= 0.3 is 0 Å². The van der Waals surface area contributed by atoms with E-state index in [9.17, 15) is 18.3 Å². The van der Waals surface area contributed by atoms with Crippen molar-refractivity contribution in [3.05, 3.63) is 150 Å². The maximum absolute atomic E-state index is 13.7. The summed E-state index contributed by atoms with van der Waals surface area (Å²) < 4.78 is 25.9. The van der Waals surface area contributed by atoms with Crippen molar-refractivity contribution in [2.75, 3.05) is 11.0 Å². The second-order valence-electron chi connectivity index (χ2n) is 10.5. The molecule has 7 heteroatoms. The molecule has 44 heavy (non-hydrogen) atoms. The van der Waals surface area contributed by atoms with Gasteiger partial charge in [-0.25, -0.2) is 8.42 Å². The van der Waals surface area contributed by atoms with Crippen LogP contribution in [0.1, 0.15) is 33.2 Å². The van der Waals surface area contributed by atoms with Crippen molar-refractivity contribution in [2.45, 2.75) is 6.10 Å². The van der Waals surface area contributed by atoms with Crippen molar-refractivity contribution < 1.29 is 18.3 Å². The molecule has 0 radical (unpaired) electrons. The number of aromatic amines is 1. The summed E-state index contributed by atoms with van der Waals surface area (Å²) >= 11 is 0. The maximum Gasteiger partial charge on any atom is 0.229 e. The monoisotopic (exact) mass is 596 g/mol. The molecule has 5 aromatic carbocycles. The number of carbonyl (C=O) groups is 1. The molecule has 6 nitrogen and oxygen atoms in total. The molecule has 6 rings (SSSR count). The Morgan fingerprint density at radius 2 is 1.52 bits per heavy atom. The lowest BCUT2D eigenvalue weighted by atomic mass is 9.89. The zero-order valence-electron chi connectivity index (χ0n) is 23.8. The quantitative estimate of drug-likeness (QED) is 0.134. The summed E-state index contributed by atoms with van der Waals surface area (Å²) in [5, 5.41) is 12.1. The lowest BCUT2D eigenvalue weighted by molar-refractivity contribution is 0.0748. The van der Waals surface area contributed by atoms with E-state index in [2.05, 4.69) is 21.5 Å². The van der Waals surface area contributed by atoms with Gasteiger partial charge in [0.2, 0.25) is 10.0 Å². The van der Waals surface area contributed by atoms with Crippen LogP contribution in [0.2, 0.25) is 0 Å². The fourth-order valence-electron chi connectivity index (χ4n) is 5.20. The van der Waals surface area contributed by atoms with E-state index in [4.69, 9.17) is 0 Å². The maximum atomic E-state index is 13.7. The van der Waals surface area contributed by atoms with Crippen LogP contribution in [0.15, 0.2) is 128 Å². The molecule has 3 N–H and O–H groups in total. The molecule has 0 aliphatic carbocycles. The number of fused-ring (bicyclic) bond motifs is 1. The number of H-pyrrole nitrogens is 1. The summed E-state index contributed by atoms with van der Waals surface area (Å²) in [6.07, 6.45) is 1.66. The smallest absolute Gasteiger partial charge is 0.229 e. The number of ketones is 1. The lowest BCUT2D eigenvalue weighted by Crippen LogP contribution is -2.14. The molecule has 0 amide bonds. The first-order valence-corrected chi connectivity index (χ1v) is 15.8. The van der Waals surface area contributed by atoms with Crippen molar-refractivity contribution in [2.24, 2.45) is 0 Å². The summed E-state index contributed by atoms with van der Waals surface area (Å²) in [4.78, 5) is 17.0. The van der Waals surface area contributed by atoms with Crippen LogP contribution in [-0.4, -0.2) is 30.5 Å². The first kappa shape index (κ1) is 28.7. The molecule has 0 spiro atoms. The van der Waals surface area contributed by atoms with Crippen molar-refractivity contribution in [3.8, 4) is 34.1 Å². The van der Waals surface area contributed by atoms with E-state index in [0.717, 1.165) is 39.4 Å². The third-order valence-electron chi connectivity index (χ3n) is 7.24. The SMILES string of the molecule is CS(=O)(=O)Nc1cccc(-c2cccc(C#Cc3cccc(C(=O)C(O)c4ccccc4)c3-c3ccc4cc[nH]c4c3)c2)c1. The molecule has 216 valence electrons. The Morgan fingerprint density at radius 1 is 0.773 bits per heavy atom. The summed E-state index contributed by atoms with van der Waals surface area (Å²) in [7, 11) is -3.40. The number of Topliss-reactive ketones (excluding diaryl/α,β-unsaturated/α-hetero) is 1. The molecule has 0 aliphatic rings. The van der Waals surface area contributed by atoms with Gasteiger partial charge in [0, 0.05) is 39.7 Å². The van der Waals surface area contributed by atoms with Crippen LogP contribution in [0.5, 0.6) is 0 Å². The molecule has 0 saturated carbocycles. The standard InChI is InChI=1S/C37H28N2O4S/c1-44(42,43)39-32-14-6-13-30(23-32)29-12-5-8-25(22-29)16-17-27-11-7-15-33(37(41)36(40)28-9-3-2-4-10-28)35(27)31-19-18-26-20-21-38-34(26)24-31/h2-15,18-24,36,38-40H,1H3. The van der Waals surface area contributed by atoms with Crippen LogP contribution < -0.4 is 4.72 Å². The molecule has 1 heterocycles. The number of hydrogen-bond acceptors (Lipinski definition) is 4. The van der Waals surface area contributed by atoms with E-state index < -0.39 is 21.9 Å². The molecule has 1 atom stereocenters. The van der Waals surface area contributed by atoms with Gasteiger partial charge in [0.15, 0.2) is 5.78 Å². The molecule has 6 aromatic rings. The highest BCUT2D eigenvalue weighted by atomic mass is 32.2. The molecule has 1 unspecified atom stereocenters. The second kappa shape index (κ2) is 12.1. The minimum atomic E-state index is -3.40. The number of anilines is 1. The predicted octanol–water partition coefficient (Wildman–Crippen LogP) is 7.19. The van der Waals surface area contributed by atoms with E-state index in [-0.39, 0.29) is 0 Å². The van der Waals surface area contributed by atoms with Gasteiger partial charge in [-0.05, 0) is 70.1 Å². The summed E-state index contributed by atoms with van der Waals surface area (Å²) in [5.74, 6) is 6.12. The van der Waals surface area contributed by atoms with Crippen LogP contribution >= 0.6 is 0 Å². The number of sulfonamides is 1. The minimum absolute atomic E-state index is 0.378. The summed E-state index contributed by atoms with van der Waals surface area (Å²) in [6.45, 7) is 0. The second-order valence-corrected chi connectivity index (χ2v) is 12.2. The van der Waals surface area contributed by atoms with Gasteiger partial charge in [-0.2, -0.15) is 0 Å². The molecule has 0 fully saturated rings. The number of nitrogens with one attached hydrogen (secondary N) is 2. The third kappa shape index (κ3) is 6.32. The molecular weight excluding hydrogens is 568 g/mol. The average molecular weight is 597 g/mol. The lowest BCUT2D eigenvalue weighted by Gasteiger charge is -2.15. The number of aliphatic hydroxyl groups excluding tert-OH is 1. The number of carbonyl (C=O) groups excluding carboxylic acids is 1. The third-order valence-corrected chi connectivity index (χ3v) is 7.85. The average Bonchev–Trinajstić information content (AvgIpc) is 3.51. The predicted molar refractivity (Wildman–Crippen MR) is 176 cm³/mol. The number of benzene rings is 5. The van der Waals surface area contributed by atoms with Crippen LogP contribution in [0.25, 0.3) is 33.2 Å². The van der Waals surface area contributed by atoms with Crippen molar-refractivity contribution in [1.29, 1.82) is 0 Å². The molecule has 0 saturated heterocycles. The van der Waals surface area contributed by atoms with Gasteiger partial charge < -0.3 is 10.1 Å². The van der Waals surface area contributed by atoms with Crippen LogP contribution in [0, 0.1) is 11.8 Å². The minimum Gasteiger partial charge on any atom is -0.380 e. The summed E-state index contributed by atoms with van der Waals surface area (Å²) in [5.41, 5.74) is 6.85. The van der Waals surface area contributed by atoms with E-state index in [1.165, 1.54) is 0 Å². The first-order valence-electron chi connectivity index (χ1n) is 13.9. The molecular formula is C37H28N2O4S. The largest absolute Gasteiger partial charge is 0.380 e. The van der Waals surface area contributed by atoms with E-state index >= 15 is 0 Å². The van der Waals surface area contributed by atoms with Gasteiger partial charge in [0.1, 0.15) is 6.10 Å². The molecule has 0 bridgehead atoms. The van der Waals surface area contributed by atoms with Crippen LogP contribution in [-0.2, 0) is 10.0 Å². The van der Waals surface area contributed by atoms with E-state index in [0.29, 0.717) is 27.9 Å². The fourth-order valence-corrected chi connectivity index (χ4v) is 5.76. The Kier molecular flexibility index (Phi) is 7.86. The van der Waals surface area contributed by atoms with Gasteiger partial charge in [0.25, 0.3) is 0 Å². The molecule has 1 aromatic heterocycles. The Balaban J connectivity index is 1.42. The number of hydrogen-bond donors (Lipinski definition) is 3. The normalized spacial score (nSPS) is 11.9. The number of aliphatic hydroxyl groups is 1. The topological polar surface area (TPSA) is 99.3 Å². The fraction of sp³-hybridized carbons (Fsp3) is 0.0541. The Morgan fingerprint density at radius 3 is 2.32 bits per heavy atom. The van der Waals surface area contributed by atoms with Crippen LogP contribution in [0.3, 0.4) is 0 Å². The summed E-state index contributed by atoms with van der Waals surface area (Å²) in [6, 6.07) is 37.0. The van der Waals surface area contributed by atoms with Gasteiger partial charge in [-0.3, -0.25) is 9.52 Å². The van der Waals surface area contributed by atoms with E-state index in [1.54, 1.807) is 54.6 Å². The highest BCUT2D eigenvalue weighted by Gasteiger charge is 2.24. The zero-order valence-corrected chi connectivity index (χ0v) is 24.6. The van der Waals surface area contributed by atoms with Crippen molar-refractivity contribution in [3.63, 3.8) is 0 Å². The van der Waals surface area contributed by atoms with Gasteiger partial charge in [-0.15, -0.1) is 0 Å². The first-order chi connectivity index (χ1) is 21.2. The highest BCUT2D eigenvalue weighted by molar-refractivity contribution is 7.92. The highest BCUT2D eigenvalue weighted by Crippen LogP contribution is 2.33. The Bertz CT molecular complexity index is 2170. The van der Waals surface area contributed by atoms with Crippen molar-refractivity contribution >= 4 is 32.4 Å². The van der Waals surface area contributed by atoms with Gasteiger partial charge in [0.05, 0.1) is 6.26 Å². The van der Waals surface area contributed by atoms with Crippen LogP contribution in [0.4, 0.5) is 5.69 Å². The Labute approximate surface area is 256 Å². The van der Waals surface area contributed by atoms with Gasteiger partial charge in [-0.1, -0.05) is 90.7 Å². The Hall–Kier alpha value is -5.42. The number of rotatable bonds is 7. The van der Waals surface area contributed by atoms with E-state index in [1.807, 2.05) is 72.9 Å². The molecule has 0 aliphatic heterocycles. The zero-order chi connectivity index (χ0) is 30.7. The van der Waals surface area contributed by atoms with Crippen molar-refractivity contribution in [1.82, 2.24) is 4.98 Å².